The quantitative estimate of drug-likeness (QED) is 0.737. The van der Waals surface area contributed by atoms with Crippen LogP contribution >= 0.6 is 0 Å². The summed E-state index contributed by atoms with van der Waals surface area (Å²) in [7, 11) is -2.16. The van der Waals surface area contributed by atoms with Crippen LogP contribution in [0.1, 0.15) is 18.1 Å². The highest BCUT2D eigenvalue weighted by molar-refractivity contribution is 7.89. The van der Waals surface area contributed by atoms with Gasteiger partial charge in [0.2, 0.25) is 10.0 Å². The molecule has 6 heteroatoms. The SMILES string of the molecule is CN(CCC(O)c1ccccc1)S(=O)(=O)c1cccc2cccnc12. The molecule has 0 spiro atoms. The minimum absolute atomic E-state index is 0.183. The molecule has 0 radical (unpaired) electrons. The Labute approximate surface area is 147 Å². The van der Waals surface area contributed by atoms with Crippen molar-refractivity contribution in [3.05, 3.63) is 72.4 Å². The van der Waals surface area contributed by atoms with Crippen molar-refractivity contribution in [2.45, 2.75) is 17.4 Å². The summed E-state index contributed by atoms with van der Waals surface area (Å²) in [6, 6.07) is 17.9. The summed E-state index contributed by atoms with van der Waals surface area (Å²) in [5.41, 5.74) is 1.24. The third-order valence-corrected chi connectivity index (χ3v) is 6.07. The zero-order valence-corrected chi connectivity index (χ0v) is 14.7. The molecule has 130 valence electrons. The number of hydrogen-bond acceptors (Lipinski definition) is 4. The number of aromatic nitrogens is 1. The zero-order chi connectivity index (χ0) is 17.9. The number of aliphatic hydroxyl groups excluding tert-OH is 1. The van der Waals surface area contributed by atoms with Crippen LogP contribution in [-0.4, -0.2) is 36.4 Å². The molecule has 1 unspecified atom stereocenters. The Morgan fingerprint density at radius 2 is 1.76 bits per heavy atom. The third-order valence-electron chi connectivity index (χ3n) is 4.19. The summed E-state index contributed by atoms with van der Waals surface area (Å²) in [6.07, 6.45) is 1.20. The molecule has 2 aromatic carbocycles. The van der Waals surface area contributed by atoms with E-state index in [-0.39, 0.29) is 11.4 Å². The molecule has 0 fully saturated rings. The Hall–Kier alpha value is -2.28. The normalized spacial score (nSPS) is 13.2. The first-order valence-corrected chi connectivity index (χ1v) is 9.47. The molecular formula is C19H20N2O3S. The first kappa shape index (κ1) is 17.5. The molecule has 0 aliphatic rings. The zero-order valence-electron chi connectivity index (χ0n) is 13.9. The van der Waals surface area contributed by atoms with Gasteiger partial charge in [0.25, 0.3) is 0 Å². The van der Waals surface area contributed by atoms with Crippen molar-refractivity contribution >= 4 is 20.9 Å². The summed E-state index contributed by atoms with van der Waals surface area (Å²) in [5, 5.41) is 11.0. The lowest BCUT2D eigenvalue weighted by Gasteiger charge is -2.20. The molecular weight excluding hydrogens is 336 g/mol. The first-order valence-electron chi connectivity index (χ1n) is 8.03. The van der Waals surface area contributed by atoms with Crippen LogP contribution in [0.2, 0.25) is 0 Å². The van der Waals surface area contributed by atoms with E-state index in [1.807, 2.05) is 42.5 Å². The summed E-state index contributed by atoms with van der Waals surface area (Å²) >= 11 is 0. The molecule has 1 atom stereocenters. The number of nitrogens with zero attached hydrogens (tertiary/aromatic N) is 2. The molecule has 3 rings (SSSR count). The van der Waals surface area contributed by atoms with Gasteiger partial charge in [-0.15, -0.1) is 0 Å². The minimum atomic E-state index is -3.68. The molecule has 3 aromatic rings. The van der Waals surface area contributed by atoms with Crippen molar-refractivity contribution in [3.63, 3.8) is 0 Å². The Bertz CT molecular complexity index is 953. The average Bonchev–Trinajstić information content (AvgIpc) is 2.65. The molecule has 1 heterocycles. The molecule has 0 saturated heterocycles. The lowest BCUT2D eigenvalue weighted by Crippen LogP contribution is -2.29. The predicted molar refractivity (Wildman–Crippen MR) is 97.6 cm³/mol. The molecule has 0 aliphatic carbocycles. The van der Waals surface area contributed by atoms with Crippen molar-refractivity contribution < 1.29 is 13.5 Å². The van der Waals surface area contributed by atoms with Gasteiger partial charge >= 0.3 is 0 Å². The Kier molecular flexibility index (Phi) is 5.13. The Balaban J connectivity index is 1.80. The van der Waals surface area contributed by atoms with E-state index in [0.29, 0.717) is 11.9 Å². The minimum Gasteiger partial charge on any atom is -0.388 e. The number of aliphatic hydroxyl groups is 1. The number of pyridine rings is 1. The fourth-order valence-electron chi connectivity index (χ4n) is 2.72. The number of rotatable bonds is 6. The fraction of sp³-hybridized carbons (Fsp3) is 0.211. The van der Waals surface area contributed by atoms with Gasteiger partial charge in [-0.2, -0.15) is 0 Å². The van der Waals surface area contributed by atoms with Gasteiger partial charge in [0.1, 0.15) is 4.90 Å². The van der Waals surface area contributed by atoms with Crippen LogP contribution in [0.5, 0.6) is 0 Å². The molecule has 0 aliphatic heterocycles. The van der Waals surface area contributed by atoms with Crippen LogP contribution in [0, 0.1) is 0 Å². The van der Waals surface area contributed by atoms with E-state index in [4.69, 9.17) is 0 Å². The molecule has 0 saturated carbocycles. The smallest absolute Gasteiger partial charge is 0.244 e. The van der Waals surface area contributed by atoms with Crippen LogP contribution in [0.15, 0.2) is 71.8 Å². The van der Waals surface area contributed by atoms with Crippen molar-refractivity contribution in [3.8, 4) is 0 Å². The van der Waals surface area contributed by atoms with Crippen molar-refractivity contribution in [1.29, 1.82) is 0 Å². The van der Waals surface area contributed by atoms with Gasteiger partial charge in [-0.3, -0.25) is 4.98 Å². The second-order valence-electron chi connectivity index (χ2n) is 5.87. The highest BCUT2D eigenvalue weighted by Gasteiger charge is 2.24. The number of benzene rings is 2. The molecule has 25 heavy (non-hydrogen) atoms. The maximum atomic E-state index is 12.9. The van der Waals surface area contributed by atoms with Crippen LogP contribution in [0.25, 0.3) is 10.9 Å². The largest absolute Gasteiger partial charge is 0.388 e. The van der Waals surface area contributed by atoms with E-state index in [9.17, 15) is 13.5 Å². The van der Waals surface area contributed by atoms with Gasteiger partial charge in [-0.05, 0) is 24.1 Å². The van der Waals surface area contributed by atoms with Gasteiger partial charge in [0, 0.05) is 25.2 Å². The highest BCUT2D eigenvalue weighted by Crippen LogP contribution is 2.24. The third kappa shape index (κ3) is 3.71. The van der Waals surface area contributed by atoms with Crippen LogP contribution in [0.4, 0.5) is 0 Å². The molecule has 1 aromatic heterocycles. The monoisotopic (exact) mass is 356 g/mol. The van der Waals surface area contributed by atoms with E-state index in [1.165, 1.54) is 11.4 Å². The summed E-state index contributed by atoms with van der Waals surface area (Å²) in [6.45, 7) is 0.210. The number of hydrogen-bond donors (Lipinski definition) is 1. The van der Waals surface area contributed by atoms with Crippen LogP contribution in [0.3, 0.4) is 0 Å². The van der Waals surface area contributed by atoms with Crippen molar-refractivity contribution in [1.82, 2.24) is 9.29 Å². The lowest BCUT2D eigenvalue weighted by molar-refractivity contribution is 0.160. The van der Waals surface area contributed by atoms with E-state index in [1.54, 1.807) is 24.4 Å². The predicted octanol–water partition coefficient (Wildman–Crippen LogP) is 2.98. The maximum Gasteiger partial charge on any atom is 0.244 e. The van der Waals surface area contributed by atoms with Gasteiger partial charge in [0.15, 0.2) is 0 Å². The van der Waals surface area contributed by atoms with Crippen molar-refractivity contribution in [2.75, 3.05) is 13.6 Å². The molecule has 5 nitrogen and oxygen atoms in total. The highest BCUT2D eigenvalue weighted by atomic mass is 32.2. The Morgan fingerprint density at radius 1 is 1.04 bits per heavy atom. The second kappa shape index (κ2) is 7.31. The van der Waals surface area contributed by atoms with Crippen LogP contribution < -0.4 is 0 Å². The topological polar surface area (TPSA) is 70.5 Å². The number of fused-ring (bicyclic) bond motifs is 1. The van der Waals surface area contributed by atoms with Gasteiger partial charge in [-0.25, -0.2) is 12.7 Å². The second-order valence-corrected chi connectivity index (χ2v) is 7.89. The maximum absolute atomic E-state index is 12.9. The van der Waals surface area contributed by atoms with Gasteiger partial charge < -0.3 is 5.11 Å². The summed E-state index contributed by atoms with van der Waals surface area (Å²) in [5.74, 6) is 0. The molecule has 1 N–H and O–H groups in total. The fourth-order valence-corrected chi connectivity index (χ4v) is 4.07. The average molecular weight is 356 g/mol. The van der Waals surface area contributed by atoms with Gasteiger partial charge in [-0.1, -0.05) is 48.5 Å². The van der Waals surface area contributed by atoms with E-state index in [2.05, 4.69) is 4.98 Å². The van der Waals surface area contributed by atoms with E-state index < -0.39 is 16.1 Å². The number of para-hydroxylation sites is 1. The summed E-state index contributed by atoms with van der Waals surface area (Å²) < 4.78 is 27.1. The van der Waals surface area contributed by atoms with Crippen LogP contribution in [-0.2, 0) is 10.0 Å². The van der Waals surface area contributed by atoms with Crippen molar-refractivity contribution in [2.24, 2.45) is 0 Å². The number of sulfonamides is 1. The lowest BCUT2D eigenvalue weighted by atomic mass is 10.1. The van der Waals surface area contributed by atoms with Gasteiger partial charge in [0.05, 0.1) is 11.6 Å². The Morgan fingerprint density at radius 3 is 2.52 bits per heavy atom. The molecule has 0 bridgehead atoms. The first-order chi connectivity index (χ1) is 12.0. The van der Waals surface area contributed by atoms with E-state index in [0.717, 1.165) is 10.9 Å². The molecule has 0 amide bonds. The van der Waals surface area contributed by atoms with E-state index >= 15 is 0 Å². The summed E-state index contributed by atoms with van der Waals surface area (Å²) in [4.78, 5) is 4.40. The standard InChI is InChI=1S/C19H20N2O3S/c1-21(14-12-17(22)15-7-3-2-4-8-15)25(23,24)18-11-5-9-16-10-6-13-20-19(16)18/h2-11,13,17,22H,12,14H2,1H3.